The molecule has 2 heterocycles. The molecule has 2 aromatic rings. The molecule has 0 saturated heterocycles. The van der Waals surface area contributed by atoms with Crippen LogP contribution < -0.4 is 5.32 Å². The van der Waals surface area contributed by atoms with Gasteiger partial charge in [-0.15, -0.1) is 11.3 Å². The maximum Gasteiger partial charge on any atom is 0.0415 e. The van der Waals surface area contributed by atoms with Gasteiger partial charge >= 0.3 is 0 Å². The SMILES string of the molecule is CCc1ccc(C(CCc2ccsc2)NC)s1. The van der Waals surface area contributed by atoms with E-state index in [1.54, 1.807) is 11.3 Å². The van der Waals surface area contributed by atoms with Crippen molar-refractivity contribution in [3.63, 3.8) is 0 Å². The summed E-state index contributed by atoms with van der Waals surface area (Å²) in [4.78, 5) is 2.95. The molecule has 0 bridgehead atoms. The van der Waals surface area contributed by atoms with Crippen molar-refractivity contribution < 1.29 is 0 Å². The highest BCUT2D eigenvalue weighted by Gasteiger charge is 2.11. The number of rotatable bonds is 6. The fourth-order valence-electron chi connectivity index (χ4n) is 1.95. The van der Waals surface area contributed by atoms with Crippen LogP contribution in [-0.4, -0.2) is 7.05 Å². The van der Waals surface area contributed by atoms with Crippen LogP contribution in [0.5, 0.6) is 0 Å². The van der Waals surface area contributed by atoms with Gasteiger partial charge in [-0.05, 0) is 60.8 Å². The predicted octanol–water partition coefficient (Wildman–Crippen LogP) is 4.27. The summed E-state index contributed by atoms with van der Waals surface area (Å²) < 4.78 is 0. The lowest BCUT2D eigenvalue weighted by Gasteiger charge is -2.13. The summed E-state index contributed by atoms with van der Waals surface area (Å²) in [7, 11) is 2.06. The van der Waals surface area contributed by atoms with Crippen LogP contribution in [0.2, 0.25) is 0 Å². The van der Waals surface area contributed by atoms with Crippen molar-refractivity contribution in [2.75, 3.05) is 7.05 Å². The summed E-state index contributed by atoms with van der Waals surface area (Å²) >= 11 is 3.73. The van der Waals surface area contributed by atoms with Gasteiger partial charge < -0.3 is 5.32 Å². The third kappa shape index (κ3) is 3.41. The molecule has 0 radical (unpaired) electrons. The van der Waals surface area contributed by atoms with Gasteiger partial charge in [-0.1, -0.05) is 6.92 Å². The van der Waals surface area contributed by atoms with E-state index in [-0.39, 0.29) is 0 Å². The minimum atomic E-state index is 0.500. The molecule has 1 N–H and O–H groups in total. The summed E-state index contributed by atoms with van der Waals surface area (Å²) in [6.45, 7) is 2.22. The molecular weight excluding hydrogens is 246 g/mol. The van der Waals surface area contributed by atoms with Gasteiger partial charge in [0.1, 0.15) is 0 Å². The predicted molar refractivity (Wildman–Crippen MR) is 78.1 cm³/mol. The summed E-state index contributed by atoms with van der Waals surface area (Å²) in [6.07, 6.45) is 3.48. The molecule has 92 valence electrons. The lowest BCUT2D eigenvalue weighted by atomic mass is 10.1. The Morgan fingerprint density at radius 2 is 2.18 bits per heavy atom. The number of aryl methyl sites for hydroxylation is 2. The first-order chi connectivity index (χ1) is 8.33. The first kappa shape index (κ1) is 12.8. The second-order valence-corrected chi connectivity index (χ2v) is 6.15. The lowest BCUT2D eigenvalue weighted by Crippen LogP contribution is -2.15. The van der Waals surface area contributed by atoms with Crippen LogP contribution in [0.1, 0.15) is 34.7 Å². The van der Waals surface area contributed by atoms with Gasteiger partial charge in [0, 0.05) is 15.8 Å². The molecule has 3 heteroatoms. The fourth-order valence-corrected chi connectivity index (χ4v) is 3.75. The Morgan fingerprint density at radius 1 is 1.29 bits per heavy atom. The fraction of sp³-hybridized carbons (Fsp3) is 0.429. The molecule has 0 spiro atoms. The van der Waals surface area contributed by atoms with Gasteiger partial charge in [0.2, 0.25) is 0 Å². The van der Waals surface area contributed by atoms with Crippen LogP contribution in [0.4, 0.5) is 0 Å². The highest BCUT2D eigenvalue weighted by Crippen LogP contribution is 2.27. The van der Waals surface area contributed by atoms with E-state index in [0.29, 0.717) is 6.04 Å². The van der Waals surface area contributed by atoms with Crippen LogP contribution in [0.3, 0.4) is 0 Å². The Kier molecular flexibility index (Phi) is 4.77. The van der Waals surface area contributed by atoms with Crippen molar-refractivity contribution >= 4 is 22.7 Å². The van der Waals surface area contributed by atoms with Crippen molar-refractivity contribution in [2.45, 2.75) is 32.2 Å². The van der Waals surface area contributed by atoms with E-state index >= 15 is 0 Å². The monoisotopic (exact) mass is 265 g/mol. The van der Waals surface area contributed by atoms with Crippen molar-refractivity contribution in [1.29, 1.82) is 0 Å². The molecule has 17 heavy (non-hydrogen) atoms. The van der Waals surface area contributed by atoms with E-state index in [1.807, 2.05) is 11.3 Å². The molecule has 0 fully saturated rings. The number of hydrogen-bond donors (Lipinski definition) is 1. The summed E-state index contributed by atoms with van der Waals surface area (Å²) in [5.41, 5.74) is 1.46. The van der Waals surface area contributed by atoms with Gasteiger partial charge in [0.15, 0.2) is 0 Å². The zero-order valence-corrected chi connectivity index (χ0v) is 12.0. The summed E-state index contributed by atoms with van der Waals surface area (Å²) in [5, 5.41) is 7.84. The van der Waals surface area contributed by atoms with Crippen LogP contribution in [0.25, 0.3) is 0 Å². The highest BCUT2D eigenvalue weighted by atomic mass is 32.1. The molecule has 1 atom stereocenters. The average molecular weight is 265 g/mol. The molecule has 0 aliphatic rings. The van der Waals surface area contributed by atoms with Gasteiger partial charge in [0.05, 0.1) is 0 Å². The maximum absolute atomic E-state index is 3.43. The van der Waals surface area contributed by atoms with Gasteiger partial charge in [-0.2, -0.15) is 11.3 Å². The number of nitrogens with one attached hydrogen (secondary N) is 1. The Labute approximate surface area is 112 Å². The second kappa shape index (κ2) is 6.34. The molecule has 2 rings (SSSR count). The van der Waals surface area contributed by atoms with Crippen molar-refractivity contribution in [3.8, 4) is 0 Å². The zero-order valence-electron chi connectivity index (χ0n) is 10.4. The first-order valence-corrected chi connectivity index (χ1v) is 7.86. The molecule has 2 aromatic heterocycles. The Hall–Kier alpha value is -0.640. The van der Waals surface area contributed by atoms with Crippen molar-refractivity contribution in [1.82, 2.24) is 5.32 Å². The zero-order chi connectivity index (χ0) is 12.1. The smallest absolute Gasteiger partial charge is 0.0415 e. The molecule has 0 aromatic carbocycles. The van der Waals surface area contributed by atoms with E-state index in [2.05, 4.69) is 48.2 Å². The molecule has 1 unspecified atom stereocenters. The van der Waals surface area contributed by atoms with E-state index in [1.165, 1.54) is 21.7 Å². The van der Waals surface area contributed by atoms with Gasteiger partial charge in [-0.3, -0.25) is 0 Å². The maximum atomic E-state index is 3.43. The average Bonchev–Trinajstić information content (AvgIpc) is 3.00. The largest absolute Gasteiger partial charge is 0.312 e. The topological polar surface area (TPSA) is 12.0 Å². The lowest BCUT2D eigenvalue weighted by molar-refractivity contribution is 0.558. The van der Waals surface area contributed by atoms with Crippen molar-refractivity contribution in [3.05, 3.63) is 44.3 Å². The third-order valence-corrected chi connectivity index (χ3v) is 5.10. The summed E-state index contributed by atoms with van der Waals surface area (Å²) in [6, 6.07) is 7.26. The summed E-state index contributed by atoms with van der Waals surface area (Å²) in [5.74, 6) is 0. The Morgan fingerprint density at radius 3 is 2.76 bits per heavy atom. The van der Waals surface area contributed by atoms with E-state index in [0.717, 1.165) is 12.8 Å². The van der Waals surface area contributed by atoms with Crippen LogP contribution >= 0.6 is 22.7 Å². The standard InChI is InChI=1S/C14H19NS2/c1-3-12-5-7-14(17-12)13(15-2)6-4-11-8-9-16-10-11/h5,7-10,13,15H,3-4,6H2,1-2H3. The van der Waals surface area contributed by atoms with E-state index in [4.69, 9.17) is 0 Å². The van der Waals surface area contributed by atoms with E-state index in [9.17, 15) is 0 Å². The van der Waals surface area contributed by atoms with Gasteiger partial charge in [0.25, 0.3) is 0 Å². The highest BCUT2D eigenvalue weighted by molar-refractivity contribution is 7.12. The minimum Gasteiger partial charge on any atom is -0.312 e. The number of hydrogen-bond acceptors (Lipinski definition) is 3. The minimum absolute atomic E-state index is 0.500. The molecule has 0 aliphatic heterocycles. The molecule has 1 nitrogen and oxygen atoms in total. The normalized spacial score (nSPS) is 12.8. The van der Waals surface area contributed by atoms with Crippen LogP contribution in [-0.2, 0) is 12.8 Å². The quantitative estimate of drug-likeness (QED) is 0.822. The van der Waals surface area contributed by atoms with Gasteiger partial charge in [-0.25, -0.2) is 0 Å². The third-order valence-electron chi connectivity index (χ3n) is 3.02. The molecular formula is C14H19NS2. The van der Waals surface area contributed by atoms with Crippen LogP contribution in [0.15, 0.2) is 29.0 Å². The molecule has 0 amide bonds. The van der Waals surface area contributed by atoms with Crippen LogP contribution in [0, 0.1) is 0 Å². The van der Waals surface area contributed by atoms with Crippen molar-refractivity contribution in [2.24, 2.45) is 0 Å². The molecule has 0 aliphatic carbocycles. The Balaban J connectivity index is 1.96. The number of thiophene rings is 2. The Bertz CT molecular complexity index is 431. The van der Waals surface area contributed by atoms with E-state index < -0.39 is 0 Å². The first-order valence-electron chi connectivity index (χ1n) is 6.10. The molecule has 0 saturated carbocycles. The second-order valence-electron chi connectivity index (χ2n) is 4.17.